The third-order valence-electron chi connectivity index (χ3n) is 6.76. The molecular formula is C26H26FN3O5. The standard InChI is InChI=1S/C26H26FN3O5/c1-35-18-6-2-16(3-7-18)12-24(31)29-10-8-28(9-11-29)23-14-22-19(13-21(23)27)25(32)20(26(33)34)15-30(22)17-4-5-17/h2-3,6-7,13-15,17H,4-5,8-12H2,1H3,(H,33,34). The topological polar surface area (TPSA) is 92.1 Å². The summed E-state index contributed by atoms with van der Waals surface area (Å²) < 4.78 is 22.1. The summed E-state index contributed by atoms with van der Waals surface area (Å²) in [5, 5.41) is 9.49. The number of carbonyl (C=O) groups excluding carboxylic acids is 1. The second kappa shape index (κ2) is 9.05. The Labute approximate surface area is 201 Å². The van der Waals surface area contributed by atoms with Crippen molar-refractivity contribution in [3.63, 3.8) is 0 Å². The number of methoxy groups -OCH3 is 1. The summed E-state index contributed by atoms with van der Waals surface area (Å²) in [7, 11) is 1.59. The molecule has 2 aliphatic rings. The van der Waals surface area contributed by atoms with Gasteiger partial charge in [0.1, 0.15) is 17.1 Å². The first-order chi connectivity index (χ1) is 16.9. The van der Waals surface area contributed by atoms with Gasteiger partial charge in [0.15, 0.2) is 0 Å². The summed E-state index contributed by atoms with van der Waals surface area (Å²) >= 11 is 0. The van der Waals surface area contributed by atoms with Crippen LogP contribution in [0.2, 0.25) is 0 Å². The molecular weight excluding hydrogens is 453 g/mol. The van der Waals surface area contributed by atoms with Crippen LogP contribution in [-0.2, 0) is 11.2 Å². The van der Waals surface area contributed by atoms with Crippen molar-refractivity contribution in [2.75, 3.05) is 38.2 Å². The number of ether oxygens (including phenoxy) is 1. The van der Waals surface area contributed by atoms with E-state index in [9.17, 15) is 19.5 Å². The molecule has 1 aliphatic heterocycles. The number of hydrogen-bond donors (Lipinski definition) is 1. The number of rotatable bonds is 6. The van der Waals surface area contributed by atoms with E-state index in [0.717, 1.165) is 30.2 Å². The summed E-state index contributed by atoms with van der Waals surface area (Å²) in [5.41, 5.74) is 0.774. The lowest BCUT2D eigenvalue weighted by atomic mass is 10.1. The van der Waals surface area contributed by atoms with Gasteiger partial charge in [0.2, 0.25) is 11.3 Å². The van der Waals surface area contributed by atoms with Crippen LogP contribution in [0.15, 0.2) is 47.4 Å². The van der Waals surface area contributed by atoms with E-state index in [4.69, 9.17) is 4.74 Å². The molecule has 9 heteroatoms. The fourth-order valence-electron chi connectivity index (χ4n) is 4.63. The van der Waals surface area contributed by atoms with E-state index in [2.05, 4.69) is 0 Å². The van der Waals surface area contributed by atoms with E-state index >= 15 is 4.39 Å². The summed E-state index contributed by atoms with van der Waals surface area (Å²) in [6.45, 7) is 1.83. The number of halogens is 1. The van der Waals surface area contributed by atoms with Crippen LogP contribution in [0.3, 0.4) is 0 Å². The molecule has 1 saturated carbocycles. The van der Waals surface area contributed by atoms with Gasteiger partial charge < -0.3 is 24.2 Å². The number of aromatic carboxylic acids is 1. The lowest BCUT2D eigenvalue weighted by Gasteiger charge is -2.36. The Balaban J connectivity index is 1.35. The van der Waals surface area contributed by atoms with Crippen LogP contribution in [0.25, 0.3) is 10.9 Å². The maximum Gasteiger partial charge on any atom is 0.341 e. The van der Waals surface area contributed by atoms with Gasteiger partial charge in [-0.1, -0.05) is 12.1 Å². The number of hydrogen-bond acceptors (Lipinski definition) is 5. The predicted molar refractivity (Wildman–Crippen MR) is 129 cm³/mol. The Bertz CT molecular complexity index is 1360. The van der Waals surface area contributed by atoms with Gasteiger partial charge in [0.05, 0.1) is 24.7 Å². The normalized spacial score (nSPS) is 15.9. The predicted octanol–water partition coefficient (Wildman–Crippen LogP) is 3.07. The van der Waals surface area contributed by atoms with Crippen LogP contribution >= 0.6 is 0 Å². The zero-order valence-corrected chi connectivity index (χ0v) is 19.4. The third kappa shape index (κ3) is 4.45. The maximum atomic E-state index is 15.1. The van der Waals surface area contributed by atoms with E-state index < -0.39 is 17.2 Å². The average Bonchev–Trinajstić information content (AvgIpc) is 3.70. The van der Waals surface area contributed by atoms with Crippen molar-refractivity contribution in [1.29, 1.82) is 0 Å². The average molecular weight is 480 g/mol. The molecule has 1 aliphatic carbocycles. The van der Waals surface area contributed by atoms with Gasteiger partial charge in [-0.3, -0.25) is 9.59 Å². The van der Waals surface area contributed by atoms with E-state index in [1.165, 1.54) is 6.20 Å². The first kappa shape index (κ1) is 22.9. The number of carboxylic acid groups (broad SMARTS) is 1. The van der Waals surface area contributed by atoms with Crippen molar-refractivity contribution in [3.8, 4) is 5.75 Å². The van der Waals surface area contributed by atoms with E-state index in [1.807, 2.05) is 29.2 Å². The first-order valence-electron chi connectivity index (χ1n) is 11.6. The maximum absolute atomic E-state index is 15.1. The summed E-state index contributed by atoms with van der Waals surface area (Å²) in [6, 6.07) is 10.3. The minimum atomic E-state index is -1.31. The number of carbonyl (C=O) groups is 2. The van der Waals surface area contributed by atoms with Crippen LogP contribution in [0.1, 0.15) is 34.8 Å². The minimum Gasteiger partial charge on any atom is -0.497 e. The van der Waals surface area contributed by atoms with Gasteiger partial charge in [0, 0.05) is 43.8 Å². The number of fused-ring (bicyclic) bond motifs is 1. The molecule has 0 unspecified atom stereocenters. The molecule has 0 radical (unpaired) electrons. The quantitative estimate of drug-likeness (QED) is 0.584. The Morgan fingerprint density at radius 1 is 1.09 bits per heavy atom. The minimum absolute atomic E-state index is 0.0116. The molecule has 1 aromatic heterocycles. The highest BCUT2D eigenvalue weighted by Gasteiger charge is 2.29. The van der Waals surface area contributed by atoms with Gasteiger partial charge in [-0.15, -0.1) is 0 Å². The van der Waals surface area contributed by atoms with Gasteiger partial charge in [-0.2, -0.15) is 0 Å². The van der Waals surface area contributed by atoms with Crippen molar-refractivity contribution in [3.05, 3.63) is 69.8 Å². The Morgan fingerprint density at radius 3 is 2.37 bits per heavy atom. The molecule has 1 saturated heterocycles. The van der Waals surface area contributed by atoms with E-state index in [1.54, 1.807) is 22.6 Å². The zero-order valence-electron chi connectivity index (χ0n) is 19.4. The molecule has 0 atom stereocenters. The van der Waals surface area contributed by atoms with Crippen LogP contribution in [-0.4, -0.2) is 59.7 Å². The molecule has 1 amide bonds. The van der Waals surface area contributed by atoms with E-state index in [0.29, 0.717) is 37.4 Å². The number of anilines is 1. The Morgan fingerprint density at radius 2 is 1.77 bits per heavy atom. The number of carboxylic acids is 1. The second-order valence-corrected chi connectivity index (χ2v) is 9.03. The lowest BCUT2D eigenvalue weighted by Crippen LogP contribution is -2.49. The third-order valence-corrected chi connectivity index (χ3v) is 6.76. The molecule has 5 rings (SSSR count). The molecule has 3 aromatic rings. The number of piperazine rings is 1. The molecule has 35 heavy (non-hydrogen) atoms. The fourth-order valence-corrected chi connectivity index (χ4v) is 4.63. The van der Waals surface area contributed by atoms with Gasteiger partial charge in [-0.05, 0) is 42.7 Å². The number of amides is 1. The molecule has 1 N–H and O–H groups in total. The monoisotopic (exact) mass is 479 g/mol. The summed E-state index contributed by atoms with van der Waals surface area (Å²) in [6.07, 6.45) is 3.44. The van der Waals surface area contributed by atoms with Gasteiger partial charge in [0.25, 0.3) is 0 Å². The van der Waals surface area contributed by atoms with Gasteiger partial charge in [-0.25, -0.2) is 9.18 Å². The smallest absolute Gasteiger partial charge is 0.341 e. The highest BCUT2D eigenvalue weighted by molar-refractivity contribution is 5.93. The van der Waals surface area contributed by atoms with Crippen LogP contribution in [0, 0.1) is 5.82 Å². The SMILES string of the molecule is COc1ccc(CC(=O)N2CCN(c3cc4c(cc3F)c(=O)c(C(=O)O)cn4C3CC3)CC2)cc1. The molecule has 0 spiro atoms. The highest BCUT2D eigenvalue weighted by Crippen LogP contribution is 2.38. The molecule has 2 heterocycles. The van der Waals surface area contributed by atoms with Crippen molar-refractivity contribution in [2.24, 2.45) is 0 Å². The van der Waals surface area contributed by atoms with Crippen molar-refractivity contribution < 1.29 is 23.8 Å². The first-order valence-corrected chi connectivity index (χ1v) is 11.6. The Hall–Kier alpha value is -3.88. The van der Waals surface area contributed by atoms with E-state index in [-0.39, 0.29) is 29.3 Å². The lowest BCUT2D eigenvalue weighted by molar-refractivity contribution is -0.130. The summed E-state index contributed by atoms with van der Waals surface area (Å²) in [4.78, 5) is 40.6. The molecule has 2 aromatic carbocycles. The number of benzene rings is 2. The summed E-state index contributed by atoms with van der Waals surface area (Å²) in [5.74, 6) is -1.14. The van der Waals surface area contributed by atoms with Crippen molar-refractivity contribution in [1.82, 2.24) is 9.47 Å². The van der Waals surface area contributed by atoms with Crippen molar-refractivity contribution in [2.45, 2.75) is 25.3 Å². The fraction of sp³-hybridized carbons (Fsp3) is 0.346. The highest BCUT2D eigenvalue weighted by atomic mass is 19.1. The number of pyridine rings is 1. The molecule has 8 nitrogen and oxygen atoms in total. The molecule has 182 valence electrons. The van der Waals surface area contributed by atoms with Crippen LogP contribution < -0.4 is 15.1 Å². The zero-order chi connectivity index (χ0) is 24.7. The van der Waals surface area contributed by atoms with Crippen molar-refractivity contribution >= 4 is 28.5 Å². The largest absolute Gasteiger partial charge is 0.497 e. The second-order valence-electron chi connectivity index (χ2n) is 9.03. The molecule has 0 bridgehead atoms. The van der Waals surface area contributed by atoms with Crippen LogP contribution in [0.4, 0.5) is 10.1 Å². The number of nitrogens with zero attached hydrogens (tertiary/aromatic N) is 3. The van der Waals surface area contributed by atoms with Gasteiger partial charge >= 0.3 is 5.97 Å². The Kier molecular flexibility index (Phi) is 5.92. The molecule has 2 fully saturated rings. The number of aromatic nitrogens is 1. The van der Waals surface area contributed by atoms with Crippen LogP contribution in [0.5, 0.6) is 5.75 Å².